The zero-order valence-corrected chi connectivity index (χ0v) is 26.4. The fraction of sp³-hybridized carbons (Fsp3) is 0.250. The number of carbonyl (C=O) groups excluding carboxylic acids is 3. The van der Waals surface area contributed by atoms with Gasteiger partial charge in [0.15, 0.2) is 11.5 Å². The molecule has 0 radical (unpaired) electrons. The molecule has 45 heavy (non-hydrogen) atoms. The average molecular weight is 626 g/mol. The molecule has 0 saturated carbocycles. The lowest BCUT2D eigenvalue weighted by molar-refractivity contribution is -0.152. The van der Waals surface area contributed by atoms with Gasteiger partial charge in [-0.15, -0.1) is 0 Å². The highest BCUT2D eigenvalue weighted by atomic mass is 32.1. The third-order valence-corrected chi connectivity index (χ3v) is 8.17. The average Bonchev–Trinajstić information content (AvgIpc) is 3.70. The number of ether oxygens (including phenoxy) is 4. The van der Waals surface area contributed by atoms with Gasteiger partial charge in [-0.3, -0.25) is 14.5 Å². The molecule has 3 aromatic carbocycles. The molecule has 0 bridgehead atoms. The number of rotatable bonds is 13. The first-order valence-corrected chi connectivity index (χ1v) is 15.5. The van der Waals surface area contributed by atoms with Gasteiger partial charge < -0.3 is 18.9 Å². The van der Waals surface area contributed by atoms with E-state index in [0.717, 1.165) is 11.1 Å². The Morgan fingerprint density at radius 2 is 1.58 bits per heavy atom. The summed E-state index contributed by atoms with van der Waals surface area (Å²) in [6.07, 6.45) is -1.28. The molecule has 0 unspecified atom stereocenters. The predicted molar refractivity (Wildman–Crippen MR) is 173 cm³/mol. The standard InChI is InChI=1S/C36H35NO7S/c1-23(2)32(38)30-31(28-12-8-9-13-29(28)43-20-19-41-3)37(27-16-14-24(15-17-27)26-18-21-45-22-26)35(39)34(30)44-33(36(40)42-4)25-10-6-5-7-11-25/h5-18,21-23,31,33H,19-20H2,1-4H3/t31-,33+/m1/s1. The van der Waals surface area contributed by atoms with Gasteiger partial charge in [0, 0.05) is 29.8 Å². The maximum Gasteiger partial charge on any atom is 0.351 e. The molecule has 232 valence electrons. The monoisotopic (exact) mass is 625 g/mol. The van der Waals surface area contributed by atoms with E-state index >= 15 is 0 Å². The fourth-order valence-corrected chi connectivity index (χ4v) is 5.91. The summed E-state index contributed by atoms with van der Waals surface area (Å²) in [6.45, 7) is 4.15. The summed E-state index contributed by atoms with van der Waals surface area (Å²) >= 11 is 1.60. The number of esters is 1. The first-order chi connectivity index (χ1) is 21.8. The molecule has 2 atom stereocenters. The van der Waals surface area contributed by atoms with E-state index < -0.39 is 29.9 Å². The van der Waals surface area contributed by atoms with Crippen LogP contribution in [0.25, 0.3) is 11.1 Å². The van der Waals surface area contributed by atoms with Crippen LogP contribution in [0, 0.1) is 5.92 Å². The van der Waals surface area contributed by atoms with Crippen molar-refractivity contribution >= 4 is 34.7 Å². The minimum atomic E-state index is -1.28. The van der Waals surface area contributed by atoms with Crippen LogP contribution in [-0.2, 0) is 28.6 Å². The van der Waals surface area contributed by atoms with Gasteiger partial charge in [0.1, 0.15) is 12.4 Å². The highest BCUT2D eigenvalue weighted by Crippen LogP contribution is 2.47. The molecule has 0 saturated heterocycles. The first kappa shape index (κ1) is 31.7. The van der Waals surface area contributed by atoms with Gasteiger partial charge in [-0.2, -0.15) is 11.3 Å². The van der Waals surface area contributed by atoms with E-state index in [1.54, 1.807) is 67.5 Å². The Balaban J connectivity index is 1.69. The molecule has 9 heteroatoms. The Hall–Kier alpha value is -4.73. The largest absolute Gasteiger partial charge is 0.491 e. The lowest BCUT2D eigenvalue weighted by Gasteiger charge is -2.29. The van der Waals surface area contributed by atoms with Crippen molar-refractivity contribution in [3.05, 3.63) is 118 Å². The highest BCUT2D eigenvalue weighted by Gasteiger charge is 2.48. The summed E-state index contributed by atoms with van der Waals surface area (Å²) in [5.41, 5.74) is 3.83. The van der Waals surface area contributed by atoms with Gasteiger partial charge in [-0.25, -0.2) is 4.79 Å². The number of Topliss-reactive ketones (excluding diaryl/α,β-unsaturated/α-hetero) is 1. The number of methoxy groups -OCH3 is 2. The molecular formula is C36H35NO7S. The van der Waals surface area contributed by atoms with E-state index in [-0.39, 0.29) is 23.7 Å². The SMILES string of the molecule is COCCOc1ccccc1[C@@H]1C(C(=O)C(C)C)=C(O[C@H](C(=O)OC)c2ccccc2)C(=O)N1c1ccc(-c2ccsc2)cc1. The van der Waals surface area contributed by atoms with Gasteiger partial charge in [0.05, 0.1) is 25.3 Å². The Morgan fingerprint density at radius 1 is 0.867 bits per heavy atom. The van der Waals surface area contributed by atoms with Crippen molar-refractivity contribution in [3.63, 3.8) is 0 Å². The Labute approximate surface area is 266 Å². The second kappa shape index (κ2) is 14.4. The second-order valence-corrected chi connectivity index (χ2v) is 11.5. The van der Waals surface area contributed by atoms with Crippen molar-refractivity contribution in [2.45, 2.75) is 26.0 Å². The number of ketones is 1. The third kappa shape index (κ3) is 6.69. The number of nitrogens with zero attached hydrogens (tertiary/aromatic N) is 1. The van der Waals surface area contributed by atoms with Crippen LogP contribution in [0.5, 0.6) is 5.75 Å². The maximum atomic E-state index is 14.6. The van der Waals surface area contributed by atoms with Crippen LogP contribution < -0.4 is 9.64 Å². The van der Waals surface area contributed by atoms with Crippen LogP contribution in [0.2, 0.25) is 0 Å². The summed E-state index contributed by atoms with van der Waals surface area (Å²) in [6, 6.07) is 24.7. The topological polar surface area (TPSA) is 91.4 Å². The van der Waals surface area contributed by atoms with Crippen molar-refractivity contribution in [1.82, 2.24) is 0 Å². The molecule has 0 spiro atoms. The number of anilines is 1. The normalized spacial score (nSPS) is 15.4. The van der Waals surface area contributed by atoms with Gasteiger partial charge in [-0.05, 0) is 46.2 Å². The molecule has 2 heterocycles. The minimum Gasteiger partial charge on any atom is -0.491 e. The molecule has 5 rings (SSSR count). The molecule has 1 aromatic heterocycles. The lowest BCUT2D eigenvalue weighted by Crippen LogP contribution is -2.32. The highest BCUT2D eigenvalue weighted by molar-refractivity contribution is 7.08. The number of carbonyl (C=O) groups is 3. The van der Waals surface area contributed by atoms with E-state index in [1.165, 1.54) is 7.11 Å². The summed E-state index contributed by atoms with van der Waals surface area (Å²) in [5, 5.41) is 4.06. The van der Waals surface area contributed by atoms with Crippen molar-refractivity contribution in [2.75, 3.05) is 32.3 Å². The number of amides is 1. The van der Waals surface area contributed by atoms with Crippen LogP contribution in [0.1, 0.15) is 37.1 Å². The van der Waals surface area contributed by atoms with Crippen LogP contribution in [0.4, 0.5) is 5.69 Å². The van der Waals surface area contributed by atoms with Gasteiger partial charge in [-0.1, -0.05) is 74.5 Å². The predicted octanol–water partition coefficient (Wildman–Crippen LogP) is 6.94. The van der Waals surface area contributed by atoms with E-state index in [4.69, 9.17) is 18.9 Å². The number of para-hydroxylation sites is 1. The third-order valence-electron chi connectivity index (χ3n) is 7.49. The van der Waals surface area contributed by atoms with Crippen molar-refractivity contribution < 1.29 is 33.3 Å². The molecule has 8 nitrogen and oxygen atoms in total. The number of hydrogen-bond donors (Lipinski definition) is 0. The Morgan fingerprint density at radius 3 is 2.22 bits per heavy atom. The smallest absolute Gasteiger partial charge is 0.351 e. The van der Waals surface area contributed by atoms with E-state index in [0.29, 0.717) is 29.2 Å². The molecule has 1 aliphatic rings. The molecule has 0 aliphatic carbocycles. The van der Waals surface area contributed by atoms with E-state index in [1.807, 2.05) is 60.0 Å². The van der Waals surface area contributed by atoms with Crippen molar-refractivity contribution in [1.29, 1.82) is 0 Å². The summed E-state index contributed by atoms with van der Waals surface area (Å²) < 4.78 is 22.7. The quantitative estimate of drug-likeness (QED) is 0.117. The fourth-order valence-electron chi connectivity index (χ4n) is 5.25. The molecular weight excluding hydrogens is 590 g/mol. The molecule has 4 aromatic rings. The van der Waals surface area contributed by atoms with Crippen LogP contribution in [-0.4, -0.2) is 45.1 Å². The van der Waals surface area contributed by atoms with Gasteiger partial charge >= 0.3 is 5.97 Å². The number of benzene rings is 3. The zero-order chi connectivity index (χ0) is 31.9. The Kier molecular flexibility index (Phi) is 10.1. The van der Waals surface area contributed by atoms with Crippen molar-refractivity contribution in [2.24, 2.45) is 5.92 Å². The van der Waals surface area contributed by atoms with Gasteiger partial charge in [0.2, 0.25) is 6.10 Å². The van der Waals surface area contributed by atoms with Crippen LogP contribution in [0.15, 0.2) is 107 Å². The second-order valence-electron chi connectivity index (χ2n) is 10.7. The maximum absolute atomic E-state index is 14.6. The number of hydrogen-bond acceptors (Lipinski definition) is 8. The minimum absolute atomic E-state index is 0.143. The summed E-state index contributed by atoms with van der Waals surface area (Å²) in [4.78, 5) is 43.3. The summed E-state index contributed by atoms with van der Waals surface area (Å²) in [5.74, 6) is -1.73. The molecule has 0 fully saturated rings. The molecule has 1 amide bonds. The van der Waals surface area contributed by atoms with Gasteiger partial charge in [0.25, 0.3) is 5.91 Å². The van der Waals surface area contributed by atoms with Crippen LogP contribution >= 0.6 is 11.3 Å². The van der Waals surface area contributed by atoms with E-state index in [9.17, 15) is 14.4 Å². The van der Waals surface area contributed by atoms with Crippen LogP contribution in [0.3, 0.4) is 0 Å². The zero-order valence-electron chi connectivity index (χ0n) is 25.6. The molecule has 1 aliphatic heterocycles. The van der Waals surface area contributed by atoms with Crippen molar-refractivity contribution in [3.8, 4) is 16.9 Å². The Bertz CT molecular complexity index is 1660. The van der Waals surface area contributed by atoms with E-state index in [2.05, 4.69) is 5.38 Å². The molecule has 0 N–H and O–H groups in total. The lowest BCUT2D eigenvalue weighted by atomic mass is 9.90. The summed E-state index contributed by atoms with van der Waals surface area (Å²) in [7, 11) is 2.84. The first-order valence-electron chi connectivity index (χ1n) is 14.6. The number of thiophene rings is 1.